The van der Waals surface area contributed by atoms with Gasteiger partial charge in [-0.1, -0.05) is 18.2 Å². The van der Waals surface area contributed by atoms with Crippen LogP contribution in [0.1, 0.15) is 18.1 Å². The summed E-state index contributed by atoms with van der Waals surface area (Å²) in [5.74, 6) is 0.359. The van der Waals surface area contributed by atoms with E-state index in [0.717, 1.165) is 16.8 Å². The third-order valence-electron chi connectivity index (χ3n) is 3.35. The van der Waals surface area contributed by atoms with Gasteiger partial charge in [-0.3, -0.25) is 4.79 Å². The van der Waals surface area contributed by atoms with E-state index in [-0.39, 0.29) is 18.1 Å². The molecule has 0 saturated carbocycles. The minimum atomic E-state index is -0.218. The average Bonchev–Trinajstić information content (AvgIpc) is 2.55. The number of hydrogen-bond acceptors (Lipinski definition) is 5. The predicted molar refractivity (Wildman–Crippen MR) is 88.8 cm³/mol. The zero-order valence-electron chi connectivity index (χ0n) is 13.3. The molecule has 0 radical (unpaired) electrons. The van der Waals surface area contributed by atoms with Crippen LogP contribution in [0.25, 0.3) is 0 Å². The van der Waals surface area contributed by atoms with Crippen LogP contribution in [0.2, 0.25) is 0 Å². The van der Waals surface area contributed by atoms with Gasteiger partial charge in [0.05, 0.1) is 20.1 Å². The zero-order chi connectivity index (χ0) is 16.7. The van der Waals surface area contributed by atoms with Crippen LogP contribution in [-0.4, -0.2) is 24.8 Å². The van der Waals surface area contributed by atoms with Crippen molar-refractivity contribution in [3.05, 3.63) is 53.6 Å². The molecule has 2 aromatic rings. The average molecular weight is 315 g/mol. The van der Waals surface area contributed by atoms with Gasteiger partial charge in [0.1, 0.15) is 0 Å². The Bertz CT molecular complexity index is 653. The van der Waals surface area contributed by atoms with Gasteiger partial charge in [0.2, 0.25) is 0 Å². The van der Waals surface area contributed by atoms with Gasteiger partial charge < -0.3 is 19.9 Å². The Morgan fingerprint density at radius 3 is 2.48 bits per heavy atom. The van der Waals surface area contributed by atoms with Crippen molar-refractivity contribution >= 4 is 11.7 Å². The van der Waals surface area contributed by atoms with Gasteiger partial charge in [-0.2, -0.15) is 0 Å². The molecule has 0 amide bonds. The van der Waals surface area contributed by atoms with Crippen molar-refractivity contribution in [2.45, 2.75) is 19.9 Å². The van der Waals surface area contributed by atoms with Gasteiger partial charge in [-0.15, -0.1) is 0 Å². The third-order valence-corrected chi connectivity index (χ3v) is 3.35. The van der Waals surface area contributed by atoms with Crippen LogP contribution in [0.4, 0.5) is 5.69 Å². The smallest absolute Gasteiger partial charge is 0.310 e. The lowest BCUT2D eigenvalue weighted by Gasteiger charge is -2.10. The van der Waals surface area contributed by atoms with E-state index >= 15 is 0 Å². The Kier molecular flexibility index (Phi) is 5.86. The van der Waals surface area contributed by atoms with Gasteiger partial charge in [0.15, 0.2) is 11.5 Å². The van der Waals surface area contributed by atoms with Crippen molar-refractivity contribution in [3.8, 4) is 11.5 Å². The molecule has 2 rings (SSSR count). The topological polar surface area (TPSA) is 67.8 Å². The summed E-state index contributed by atoms with van der Waals surface area (Å²) < 4.78 is 10.0. The molecule has 0 spiro atoms. The number of nitrogens with one attached hydrogen (secondary N) is 1. The van der Waals surface area contributed by atoms with Crippen molar-refractivity contribution in [3.63, 3.8) is 0 Å². The van der Waals surface area contributed by atoms with Gasteiger partial charge in [0, 0.05) is 12.2 Å². The van der Waals surface area contributed by atoms with Crippen molar-refractivity contribution in [2.75, 3.05) is 19.0 Å². The lowest BCUT2D eigenvalue weighted by molar-refractivity contribution is -0.142. The van der Waals surface area contributed by atoms with Crippen LogP contribution < -0.4 is 10.1 Å². The SMILES string of the molecule is CCOC(=O)Cc1ccc(NCc2ccc(O)c(OC)c2)cc1. The Hall–Kier alpha value is -2.69. The number of carbonyl (C=O) groups is 1. The molecule has 5 nitrogen and oxygen atoms in total. The molecule has 0 atom stereocenters. The Morgan fingerprint density at radius 1 is 1.13 bits per heavy atom. The molecular formula is C18H21NO4. The third kappa shape index (κ3) is 4.92. The number of methoxy groups -OCH3 is 1. The summed E-state index contributed by atoms with van der Waals surface area (Å²) in [5.41, 5.74) is 2.86. The van der Waals surface area contributed by atoms with Gasteiger partial charge >= 0.3 is 5.97 Å². The van der Waals surface area contributed by atoms with E-state index in [0.29, 0.717) is 18.9 Å². The number of aromatic hydroxyl groups is 1. The summed E-state index contributed by atoms with van der Waals surface area (Å²) in [6.07, 6.45) is 0.281. The van der Waals surface area contributed by atoms with E-state index in [2.05, 4.69) is 5.32 Å². The highest BCUT2D eigenvalue weighted by Gasteiger charge is 2.05. The molecule has 0 unspecified atom stereocenters. The minimum Gasteiger partial charge on any atom is -0.504 e. The summed E-state index contributed by atoms with van der Waals surface area (Å²) in [6.45, 7) is 2.80. The van der Waals surface area contributed by atoms with E-state index in [1.807, 2.05) is 30.3 Å². The molecule has 5 heteroatoms. The van der Waals surface area contributed by atoms with Gasteiger partial charge in [-0.25, -0.2) is 0 Å². The van der Waals surface area contributed by atoms with Gasteiger partial charge in [-0.05, 0) is 42.3 Å². The monoisotopic (exact) mass is 315 g/mol. The molecule has 0 aliphatic carbocycles. The Labute approximate surface area is 135 Å². The van der Waals surface area contributed by atoms with Crippen LogP contribution >= 0.6 is 0 Å². The number of benzene rings is 2. The van der Waals surface area contributed by atoms with Crippen LogP contribution in [0.3, 0.4) is 0 Å². The number of phenols is 1. The highest BCUT2D eigenvalue weighted by molar-refractivity contribution is 5.72. The largest absolute Gasteiger partial charge is 0.504 e. The summed E-state index contributed by atoms with van der Waals surface area (Å²) in [4.78, 5) is 11.4. The van der Waals surface area contributed by atoms with Crippen molar-refractivity contribution in [1.82, 2.24) is 0 Å². The van der Waals surface area contributed by atoms with Crippen molar-refractivity contribution in [2.24, 2.45) is 0 Å². The maximum atomic E-state index is 11.4. The number of anilines is 1. The lowest BCUT2D eigenvalue weighted by Crippen LogP contribution is -2.07. The van der Waals surface area contributed by atoms with Gasteiger partial charge in [0.25, 0.3) is 0 Å². The molecular weight excluding hydrogens is 294 g/mol. The summed E-state index contributed by atoms with van der Waals surface area (Å²) in [6, 6.07) is 12.9. The second-order valence-electron chi connectivity index (χ2n) is 5.04. The summed E-state index contributed by atoms with van der Waals surface area (Å²) in [7, 11) is 1.52. The summed E-state index contributed by atoms with van der Waals surface area (Å²) in [5, 5.41) is 12.9. The first-order chi connectivity index (χ1) is 11.1. The van der Waals surface area contributed by atoms with Crippen LogP contribution in [0, 0.1) is 0 Å². The first-order valence-corrected chi connectivity index (χ1v) is 7.46. The van der Waals surface area contributed by atoms with Crippen LogP contribution in [0.15, 0.2) is 42.5 Å². The number of hydrogen-bond donors (Lipinski definition) is 2. The normalized spacial score (nSPS) is 10.2. The maximum absolute atomic E-state index is 11.4. The minimum absolute atomic E-state index is 0.125. The Morgan fingerprint density at radius 2 is 1.83 bits per heavy atom. The fraction of sp³-hybridized carbons (Fsp3) is 0.278. The molecule has 0 heterocycles. The first kappa shape index (κ1) is 16.7. The highest BCUT2D eigenvalue weighted by atomic mass is 16.5. The van der Waals surface area contributed by atoms with Crippen LogP contribution in [-0.2, 0) is 22.5 Å². The van der Waals surface area contributed by atoms with E-state index in [1.165, 1.54) is 7.11 Å². The molecule has 0 fully saturated rings. The van der Waals surface area contributed by atoms with E-state index in [1.54, 1.807) is 19.1 Å². The van der Waals surface area contributed by atoms with E-state index in [9.17, 15) is 9.90 Å². The molecule has 23 heavy (non-hydrogen) atoms. The second-order valence-corrected chi connectivity index (χ2v) is 5.04. The van der Waals surface area contributed by atoms with Crippen molar-refractivity contribution < 1.29 is 19.4 Å². The molecule has 0 bridgehead atoms. The molecule has 2 aromatic carbocycles. The molecule has 0 aliphatic heterocycles. The van der Waals surface area contributed by atoms with E-state index in [4.69, 9.17) is 9.47 Å². The Balaban J connectivity index is 1.92. The molecule has 2 N–H and O–H groups in total. The standard InChI is InChI=1S/C18H21NO4/c1-3-23-18(21)11-13-4-7-15(8-5-13)19-12-14-6-9-16(20)17(10-14)22-2/h4-10,19-20H,3,11-12H2,1-2H3. The molecule has 122 valence electrons. The van der Waals surface area contributed by atoms with Crippen LogP contribution in [0.5, 0.6) is 11.5 Å². The number of esters is 1. The first-order valence-electron chi connectivity index (χ1n) is 7.46. The second kappa shape index (κ2) is 8.08. The fourth-order valence-corrected chi connectivity index (χ4v) is 2.16. The number of ether oxygens (including phenoxy) is 2. The highest BCUT2D eigenvalue weighted by Crippen LogP contribution is 2.26. The maximum Gasteiger partial charge on any atom is 0.310 e. The lowest BCUT2D eigenvalue weighted by atomic mass is 10.1. The number of phenolic OH excluding ortho intramolecular Hbond substituents is 1. The molecule has 0 aliphatic rings. The predicted octanol–water partition coefficient (Wildman–Crippen LogP) is 3.12. The molecule has 0 aromatic heterocycles. The van der Waals surface area contributed by atoms with Crippen molar-refractivity contribution in [1.29, 1.82) is 0 Å². The van der Waals surface area contributed by atoms with E-state index < -0.39 is 0 Å². The zero-order valence-corrected chi connectivity index (χ0v) is 13.3. The number of carbonyl (C=O) groups excluding carboxylic acids is 1. The molecule has 0 saturated heterocycles. The number of rotatable bonds is 7. The fourth-order valence-electron chi connectivity index (χ4n) is 2.16. The quantitative estimate of drug-likeness (QED) is 0.768. The summed E-state index contributed by atoms with van der Waals surface area (Å²) >= 11 is 0.